The molecule has 0 aliphatic rings. The number of nitrogens with zero attached hydrogens (tertiary/aromatic N) is 2. The number of hydrogen-bond acceptors (Lipinski definition) is 5. The molecule has 7 nitrogen and oxygen atoms in total. The third-order valence-corrected chi connectivity index (χ3v) is 2.70. The third kappa shape index (κ3) is 1.61. The van der Waals surface area contributed by atoms with Gasteiger partial charge in [0.2, 0.25) is 11.2 Å². The first kappa shape index (κ1) is 12.1. The van der Waals surface area contributed by atoms with Gasteiger partial charge in [-0.1, -0.05) is 12.1 Å². The number of aromatic hydroxyl groups is 1. The second kappa shape index (κ2) is 4.11. The molecule has 0 spiro atoms. The third-order valence-electron chi connectivity index (χ3n) is 2.36. The number of aromatic nitrogens is 1. The van der Waals surface area contributed by atoms with Crippen LogP contribution in [0.4, 0.5) is 5.69 Å². The topological polar surface area (TPSA) is 102 Å². The molecular formula is C10H5ClN2O5. The molecule has 92 valence electrons. The van der Waals surface area contributed by atoms with Crippen molar-refractivity contribution in [3.63, 3.8) is 0 Å². The maximum Gasteiger partial charge on any atom is 0.380 e. The standard InChI is InChI=1S/C10H5ClN2O5/c11-12-6-4-2-1-3-5(6)8(14)9(15)7(10(12)16)13(17)18/h1-4,15H. The van der Waals surface area contributed by atoms with E-state index in [2.05, 4.69) is 0 Å². The van der Waals surface area contributed by atoms with Crippen molar-refractivity contribution in [1.29, 1.82) is 0 Å². The van der Waals surface area contributed by atoms with E-state index >= 15 is 0 Å². The Labute approximate surface area is 104 Å². The Balaban J connectivity index is 3.26. The lowest BCUT2D eigenvalue weighted by molar-refractivity contribution is -0.387. The van der Waals surface area contributed by atoms with Gasteiger partial charge in [-0.15, -0.1) is 0 Å². The minimum absolute atomic E-state index is 0.0161. The van der Waals surface area contributed by atoms with Gasteiger partial charge < -0.3 is 5.11 Å². The first-order chi connectivity index (χ1) is 8.45. The zero-order valence-electron chi connectivity index (χ0n) is 8.66. The second-order valence-corrected chi connectivity index (χ2v) is 3.72. The van der Waals surface area contributed by atoms with Gasteiger partial charge in [0.05, 0.1) is 15.8 Å². The highest BCUT2D eigenvalue weighted by Gasteiger charge is 2.24. The Hall–Kier alpha value is -2.41. The number of hydrogen-bond donors (Lipinski definition) is 1. The van der Waals surface area contributed by atoms with Gasteiger partial charge in [0, 0.05) is 11.8 Å². The van der Waals surface area contributed by atoms with E-state index in [1.807, 2.05) is 0 Å². The van der Waals surface area contributed by atoms with Crippen LogP contribution in [0.1, 0.15) is 0 Å². The molecule has 0 radical (unpaired) electrons. The lowest BCUT2D eigenvalue weighted by atomic mass is 10.2. The van der Waals surface area contributed by atoms with Crippen LogP contribution in [-0.2, 0) is 0 Å². The van der Waals surface area contributed by atoms with Crippen molar-refractivity contribution in [2.45, 2.75) is 0 Å². The molecule has 0 saturated carbocycles. The van der Waals surface area contributed by atoms with Crippen molar-refractivity contribution in [2.75, 3.05) is 0 Å². The van der Waals surface area contributed by atoms with Crippen molar-refractivity contribution in [3.8, 4) is 5.75 Å². The van der Waals surface area contributed by atoms with Gasteiger partial charge in [0.1, 0.15) is 0 Å². The van der Waals surface area contributed by atoms with Crippen molar-refractivity contribution < 1.29 is 10.0 Å². The fourth-order valence-electron chi connectivity index (χ4n) is 1.54. The normalized spacial score (nSPS) is 10.5. The maximum atomic E-state index is 11.8. The predicted molar refractivity (Wildman–Crippen MR) is 64.0 cm³/mol. The van der Waals surface area contributed by atoms with Crippen LogP contribution in [0.5, 0.6) is 5.75 Å². The summed E-state index contributed by atoms with van der Waals surface area (Å²) < 4.78 is 0.439. The Morgan fingerprint density at radius 2 is 1.89 bits per heavy atom. The number of para-hydroxylation sites is 1. The number of rotatable bonds is 1. The summed E-state index contributed by atoms with van der Waals surface area (Å²) in [5.74, 6) is -1.22. The molecule has 1 aromatic heterocycles. The van der Waals surface area contributed by atoms with Crippen LogP contribution in [0.3, 0.4) is 0 Å². The monoisotopic (exact) mass is 268 g/mol. The summed E-state index contributed by atoms with van der Waals surface area (Å²) in [6, 6.07) is 5.63. The van der Waals surface area contributed by atoms with E-state index in [0.29, 0.717) is 4.09 Å². The Morgan fingerprint density at radius 3 is 2.50 bits per heavy atom. The van der Waals surface area contributed by atoms with Gasteiger partial charge >= 0.3 is 11.2 Å². The largest absolute Gasteiger partial charge is 0.499 e. The van der Waals surface area contributed by atoms with Crippen molar-refractivity contribution in [3.05, 3.63) is 55.0 Å². The molecule has 0 saturated heterocycles. The molecule has 0 atom stereocenters. The summed E-state index contributed by atoms with van der Waals surface area (Å²) in [6.07, 6.45) is 0. The Kier molecular flexibility index (Phi) is 2.76. The highest BCUT2D eigenvalue weighted by atomic mass is 35.5. The number of halogens is 1. The van der Waals surface area contributed by atoms with Crippen LogP contribution in [0, 0.1) is 10.1 Å². The van der Waals surface area contributed by atoms with E-state index in [9.17, 15) is 24.8 Å². The van der Waals surface area contributed by atoms with Gasteiger partial charge in [0.15, 0.2) is 0 Å². The Bertz CT molecular complexity index is 783. The summed E-state index contributed by atoms with van der Waals surface area (Å²) in [6.45, 7) is 0. The first-order valence-electron chi connectivity index (χ1n) is 4.66. The second-order valence-electron chi connectivity index (χ2n) is 3.39. The minimum atomic E-state index is -1.27. The van der Waals surface area contributed by atoms with Crippen LogP contribution >= 0.6 is 11.8 Å². The van der Waals surface area contributed by atoms with E-state index in [0.717, 1.165) is 0 Å². The molecule has 0 amide bonds. The summed E-state index contributed by atoms with van der Waals surface area (Å²) in [4.78, 5) is 33.0. The smallest absolute Gasteiger partial charge is 0.380 e. The molecule has 18 heavy (non-hydrogen) atoms. The molecule has 0 aliphatic heterocycles. The molecule has 2 aromatic rings. The Morgan fingerprint density at radius 1 is 1.28 bits per heavy atom. The molecule has 8 heteroatoms. The molecule has 0 aliphatic carbocycles. The fraction of sp³-hybridized carbons (Fsp3) is 0. The quantitative estimate of drug-likeness (QED) is 0.613. The van der Waals surface area contributed by atoms with Crippen molar-refractivity contribution in [2.24, 2.45) is 0 Å². The van der Waals surface area contributed by atoms with Gasteiger partial charge in [0.25, 0.3) is 0 Å². The van der Waals surface area contributed by atoms with Gasteiger partial charge in [-0.25, -0.2) is 4.09 Å². The molecular weight excluding hydrogens is 264 g/mol. The lowest BCUT2D eigenvalue weighted by Gasteiger charge is -1.93. The van der Waals surface area contributed by atoms with Crippen LogP contribution < -0.4 is 11.0 Å². The minimum Gasteiger partial charge on any atom is -0.499 e. The summed E-state index contributed by atoms with van der Waals surface area (Å²) in [7, 11) is 0. The molecule has 1 heterocycles. The number of benzene rings is 1. The zero-order chi connectivity index (χ0) is 13.4. The average Bonchev–Trinajstić information content (AvgIpc) is 2.41. The lowest BCUT2D eigenvalue weighted by Crippen LogP contribution is -2.14. The maximum absolute atomic E-state index is 11.8. The highest BCUT2D eigenvalue weighted by Crippen LogP contribution is 2.19. The van der Waals surface area contributed by atoms with Crippen molar-refractivity contribution >= 4 is 28.4 Å². The molecule has 0 bridgehead atoms. The predicted octanol–water partition coefficient (Wildman–Crippen LogP) is 0.977. The van der Waals surface area contributed by atoms with E-state index in [4.69, 9.17) is 11.8 Å². The number of fused-ring (bicyclic) bond motifs is 1. The van der Waals surface area contributed by atoms with Gasteiger partial charge in [-0.2, -0.15) is 0 Å². The molecule has 2 rings (SSSR count). The van der Waals surface area contributed by atoms with Gasteiger partial charge in [-0.3, -0.25) is 19.7 Å². The van der Waals surface area contributed by atoms with Crippen LogP contribution in [0.2, 0.25) is 0 Å². The molecule has 0 fully saturated rings. The summed E-state index contributed by atoms with van der Waals surface area (Å²) in [5.41, 5.74) is -3.55. The molecule has 1 aromatic carbocycles. The van der Waals surface area contributed by atoms with E-state index in [1.54, 1.807) is 0 Å². The molecule has 1 N–H and O–H groups in total. The fourth-order valence-corrected chi connectivity index (χ4v) is 1.77. The van der Waals surface area contributed by atoms with Crippen molar-refractivity contribution in [1.82, 2.24) is 4.09 Å². The van der Waals surface area contributed by atoms with E-state index in [-0.39, 0.29) is 10.9 Å². The van der Waals surface area contributed by atoms with Crippen LogP contribution in [-0.4, -0.2) is 14.1 Å². The summed E-state index contributed by atoms with van der Waals surface area (Å²) in [5, 5.41) is 20.1. The number of nitro groups is 1. The van der Waals surface area contributed by atoms with Gasteiger partial charge in [-0.05, 0) is 12.1 Å². The van der Waals surface area contributed by atoms with E-state index in [1.165, 1.54) is 24.3 Å². The average molecular weight is 269 g/mol. The zero-order valence-corrected chi connectivity index (χ0v) is 9.42. The highest BCUT2D eigenvalue weighted by molar-refractivity contribution is 6.18. The SMILES string of the molecule is O=c1c(O)c([N+](=O)[O-])c(=O)n(Cl)c2ccccc12. The summed E-state index contributed by atoms with van der Waals surface area (Å²) >= 11 is 5.65. The van der Waals surface area contributed by atoms with E-state index < -0.39 is 27.3 Å². The first-order valence-corrected chi connectivity index (χ1v) is 5.00. The van der Waals surface area contributed by atoms with Crippen LogP contribution in [0.15, 0.2) is 33.9 Å². The molecule has 0 unspecified atom stereocenters. The van der Waals surface area contributed by atoms with Crippen LogP contribution in [0.25, 0.3) is 10.9 Å².